The number of phenolic OH excluding ortho intramolecular Hbond substituents is 1. The second kappa shape index (κ2) is 5.44. The molecule has 1 N–H and O–H groups in total. The van der Waals surface area contributed by atoms with Crippen molar-refractivity contribution in [2.45, 2.75) is 60.5 Å². The normalized spacial score (nSPS) is 11.0. The van der Waals surface area contributed by atoms with Crippen molar-refractivity contribution in [1.82, 2.24) is 0 Å². The molecule has 0 aliphatic carbocycles. The van der Waals surface area contributed by atoms with Gasteiger partial charge in [0.15, 0.2) is 0 Å². The van der Waals surface area contributed by atoms with Gasteiger partial charge in [0.2, 0.25) is 0 Å². The van der Waals surface area contributed by atoms with Gasteiger partial charge in [0.25, 0.3) is 0 Å². The van der Waals surface area contributed by atoms with E-state index in [1.807, 2.05) is 27.7 Å². The van der Waals surface area contributed by atoms with Crippen LogP contribution in [-0.2, 0) is 12.8 Å². The van der Waals surface area contributed by atoms with E-state index in [0.29, 0.717) is 5.75 Å². The van der Waals surface area contributed by atoms with E-state index >= 15 is 0 Å². The molecule has 17 heavy (non-hydrogen) atoms. The van der Waals surface area contributed by atoms with Gasteiger partial charge in [0, 0.05) is 11.1 Å². The van der Waals surface area contributed by atoms with Crippen molar-refractivity contribution >= 4 is 0 Å². The first-order valence-electron chi connectivity index (χ1n) is 6.44. The van der Waals surface area contributed by atoms with Gasteiger partial charge in [-0.3, -0.25) is 0 Å². The van der Waals surface area contributed by atoms with Crippen LogP contribution in [-0.4, -0.2) is 11.2 Å². The molecule has 0 unspecified atom stereocenters. The number of phenols is 1. The molecule has 1 rings (SSSR count). The number of ether oxygens (including phenoxy) is 1. The van der Waals surface area contributed by atoms with Crippen molar-refractivity contribution in [2.75, 3.05) is 0 Å². The van der Waals surface area contributed by atoms with Crippen LogP contribution in [0.25, 0.3) is 0 Å². The summed E-state index contributed by atoms with van der Waals surface area (Å²) in [7, 11) is 0. The molecule has 2 heteroatoms. The van der Waals surface area contributed by atoms with Crippen LogP contribution < -0.4 is 4.74 Å². The van der Waals surface area contributed by atoms with Crippen LogP contribution in [0, 0.1) is 13.8 Å². The van der Waals surface area contributed by atoms with Crippen LogP contribution >= 0.6 is 0 Å². The molecule has 0 spiro atoms. The average molecular weight is 236 g/mol. The standard InChI is InChI=1S/C15H24O2/c1-7-12-11(6)15(17-9(3)4)13(8-2)10(5)14(12)16/h9,16H,7-8H2,1-6H3. The molecule has 0 fully saturated rings. The summed E-state index contributed by atoms with van der Waals surface area (Å²) in [6.45, 7) is 12.2. The molecule has 0 aromatic heterocycles. The molecule has 0 atom stereocenters. The number of aromatic hydroxyl groups is 1. The summed E-state index contributed by atoms with van der Waals surface area (Å²) in [6.07, 6.45) is 1.87. The first-order valence-corrected chi connectivity index (χ1v) is 6.44. The Labute approximate surface area is 105 Å². The lowest BCUT2D eigenvalue weighted by molar-refractivity contribution is 0.237. The van der Waals surface area contributed by atoms with E-state index in [9.17, 15) is 5.11 Å². The van der Waals surface area contributed by atoms with E-state index < -0.39 is 0 Å². The minimum Gasteiger partial charge on any atom is -0.507 e. The Morgan fingerprint density at radius 2 is 1.53 bits per heavy atom. The lowest BCUT2D eigenvalue weighted by atomic mass is 9.94. The van der Waals surface area contributed by atoms with Crippen LogP contribution in [0.5, 0.6) is 11.5 Å². The molecule has 0 aliphatic heterocycles. The number of rotatable bonds is 4. The molecule has 0 radical (unpaired) electrons. The summed E-state index contributed by atoms with van der Waals surface area (Å²) in [5, 5.41) is 10.2. The van der Waals surface area contributed by atoms with E-state index in [0.717, 1.165) is 40.8 Å². The third-order valence-electron chi connectivity index (χ3n) is 3.22. The smallest absolute Gasteiger partial charge is 0.126 e. The molecule has 0 saturated heterocycles. The Morgan fingerprint density at radius 1 is 1.00 bits per heavy atom. The minimum atomic E-state index is 0.160. The molecule has 0 heterocycles. The number of hydrogen-bond donors (Lipinski definition) is 1. The molecule has 0 saturated carbocycles. The van der Waals surface area contributed by atoms with Gasteiger partial charge in [-0.25, -0.2) is 0 Å². The van der Waals surface area contributed by atoms with Gasteiger partial charge in [0.1, 0.15) is 11.5 Å². The quantitative estimate of drug-likeness (QED) is 0.858. The van der Waals surface area contributed by atoms with Crippen molar-refractivity contribution in [2.24, 2.45) is 0 Å². The third kappa shape index (κ3) is 2.56. The highest BCUT2D eigenvalue weighted by Gasteiger charge is 2.18. The van der Waals surface area contributed by atoms with Gasteiger partial charge in [-0.1, -0.05) is 13.8 Å². The Kier molecular flexibility index (Phi) is 4.44. The van der Waals surface area contributed by atoms with E-state index in [-0.39, 0.29) is 6.10 Å². The molecule has 0 amide bonds. The minimum absolute atomic E-state index is 0.160. The first-order chi connectivity index (χ1) is 7.93. The molecule has 1 aromatic rings. The second-order valence-electron chi connectivity index (χ2n) is 4.76. The van der Waals surface area contributed by atoms with Gasteiger partial charge in [0.05, 0.1) is 6.10 Å². The van der Waals surface area contributed by atoms with E-state index in [4.69, 9.17) is 4.74 Å². The second-order valence-corrected chi connectivity index (χ2v) is 4.76. The molecular formula is C15H24O2. The lowest BCUT2D eigenvalue weighted by Gasteiger charge is -2.22. The Balaban J connectivity index is 3.49. The third-order valence-corrected chi connectivity index (χ3v) is 3.22. The first kappa shape index (κ1) is 13.9. The van der Waals surface area contributed by atoms with Crippen molar-refractivity contribution in [1.29, 1.82) is 0 Å². The number of hydrogen-bond acceptors (Lipinski definition) is 2. The fourth-order valence-corrected chi connectivity index (χ4v) is 2.33. The Hall–Kier alpha value is -1.18. The van der Waals surface area contributed by atoms with E-state index in [1.165, 1.54) is 0 Å². The molecule has 96 valence electrons. The summed E-state index contributed by atoms with van der Waals surface area (Å²) in [5.41, 5.74) is 4.19. The predicted molar refractivity (Wildman–Crippen MR) is 72.1 cm³/mol. The highest BCUT2D eigenvalue weighted by molar-refractivity contribution is 5.58. The number of benzene rings is 1. The molecule has 1 aromatic carbocycles. The summed E-state index contributed by atoms with van der Waals surface area (Å²) >= 11 is 0. The average Bonchev–Trinajstić information content (AvgIpc) is 2.27. The Bertz CT molecular complexity index is 406. The maximum atomic E-state index is 10.2. The van der Waals surface area contributed by atoms with Gasteiger partial charge < -0.3 is 9.84 Å². The Morgan fingerprint density at radius 3 is 1.94 bits per heavy atom. The van der Waals surface area contributed by atoms with Gasteiger partial charge in [-0.05, 0) is 51.7 Å². The lowest BCUT2D eigenvalue weighted by Crippen LogP contribution is -2.11. The maximum absolute atomic E-state index is 10.2. The monoisotopic (exact) mass is 236 g/mol. The fourth-order valence-electron chi connectivity index (χ4n) is 2.33. The van der Waals surface area contributed by atoms with Crippen LogP contribution in [0.15, 0.2) is 0 Å². The topological polar surface area (TPSA) is 29.5 Å². The zero-order chi connectivity index (χ0) is 13.2. The van der Waals surface area contributed by atoms with Crippen molar-refractivity contribution in [3.8, 4) is 11.5 Å². The predicted octanol–water partition coefficient (Wildman–Crippen LogP) is 3.92. The van der Waals surface area contributed by atoms with Crippen molar-refractivity contribution in [3.05, 3.63) is 22.3 Å². The molecular weight excluding hydrogens is 212 g/mol. The summed E-state index contributed by atoms with van der Waals surface area (Å²) < 4.78 is 5.93. The van der Waals surface area contributed by atoms with Crippen molar-refractivity contribution in [3.63, 3.8) is 0 Å². The van der Waals surface area contributed by atoms with Crippen LogP contribution in [0.1, 0.15) is 49.9 Å². The molecule has 0 bridgehead atoms. The SMILES string of the molecule is CCc1c(C)c(OC(C)C)c(CC)c(C)c1O. The van der Waals surface area contributed by atoms with Crippen LogP contribution in [0.3, 0.4) is 0 Å². The molecule has 2 nitrogen and oxygen atoms in total. The van der Waals surface area contributed by atoms with Crippen LogP contribution in [0.4, 0.5) is 0 Å². The summed E-state index contributed by atoms with van der Waals surface area (Å²) in [4.78, 5) is 0. The highest BCUT2D eigenvalue weighted by atomic mass is 16.5. The summed E-state index contributed by atoms with van der Waals surface area (Å²) in [5.74, 6) is 1.41. The largest absolute Gasteiger partial charge is 0.507 e. The van der Waals surface area contributed by atoms with Gasteiger partial charge in [-0.2, -0.15) is 0 Å². The van der Waals surface area contributed by atoms with Crippen LogP contribution in [0.2, 0.25) is 0 Å². The zero-order valence-electron chi connectivity index (χ0n) is 11.8. The van der Waals surface area contributed by atoms with Gasteiger partial charge >= 0.3 is 0 Å². The maximum Gasteiger partial charge on any atom is 0.126 e. The van der Waals surface area contributed by atoms with Gasteiger partial charge in [-0.15, -0.1) is 0 Å². The van der Waals surface area contributed by atoms with E-state index in [1.54, 1.807) is 0 Å². The van der Waals surface area contributed by atoms with Crippen molar-refractivity contribution < 1.29 is 9.84 Å². The summed E-state index contributed by atoms with van der Waals surface area (Å²) in [6, 6.07) is 0. The highest BCUT2D eigenvalue weighted by Crippen LogP contribution is 2.38. The van der Waals surface area contributed by atoms with E-state index in [2.05, 4.69) is 13.8 Å². The zero-order valence-corrected chi connectivity index (χ0v) is 11.8. The fraction of sp³-hybridized carbons (Fsp3) is 0.600. The molecule has 0 aliphatic rings.